The lowest BCUT2D eigenvalue weighted by Crippen LogP contribution is -1.93. The van der Waals surface area contributed by atoms with Gasteiger partial charge in [-0.1, -0.05) is 11.6 Å². The van der Waals surface area contributed by atoms with Crippen LogP contribution in [0.5, 0.6) is 11.8 Å². The lowest BCUT2D eigenvalue weighted by atomic mass is 10.2. The number of aryl methyl sites for hydroxylation is 1. The minimum Gasteiger partial charge on any atom is -0.424 e. The van der Waals surface area contributed by atoms with Crippen LogP contribution in [0.2, 0.25) is 5.02 Å². The predicted molar refractivity (Wildman–Crippen MR) is 71.0 cm³/mol. The molecule has 0 N–H and O–H groups in total. The van der Waals surface area contributed by atoms with E-state index in [9.17, 15) is 0 Å². The second-order valence-corrected chi connectivity index (χ2v) is 4.88. The quantitative estimate of drug-likeness (QED) is 0.775. The molecule has 2 rings (SSSR count). The number of rotatable bonds is 2. The minimum absolute atomic E-state index is 0.339. The molecule has 0 bridgehead atoms. The van der Waals surface area contributed by atoms with Crippen molar-refractivity contribution in [1.29, 1.82) is 0 Å². The molecule has 0 unspecified atom stereocenters. The normalized spacial score (nSPS) is 10.2. The third-order valence-corrected chi connectivity index (χ3v) is 2.73. The first-order valence-corrected chi connectivity index (χ1v) is 6.02. The van der Waals surface area contributed by atoms with Gasteiger partial charge in [-0.3, -0.25) is 0 Å². The summed E-state index contributed by atoms with van der Waals surface area (Å²) in [7, 11) is 0. The summed E-state index contributed by atoms with van der Waals surface area (Å²) in [5.74, 6) is 0.714. The molecule has 0 amide bonds. The highest BCUT2D eigenvalue weighted by atomic mass is 127. The summed E-state index contributed by atoms with van der Waals surface area (Å²) in [6.45, 7) is 1.92. The molecule has 2 aromatic rings. The molecule has 82 valence electrons. The monoisotopic (exact) mass is 346 g/mol. The second-order valence-electron chi connectivity index (χ2n) is 3.20. The lowest BCUT2D eigenvalue weighted by molar-refractivity contribution is 0.438. The second kappa shape index (κ2) is 4.97. The van der Waals surface area contributed by atoms with Crippen molar-refractivity contribution in [2.75, 3.05) is 0 Å². The zero-order chi connectivity index (χ0) is 11.5. The highest BCUT2D eigenvalue weighted by Crippen LogP contribution is 2.25. The van der Waals surface area contributed by atoms with Gasteiger partial charge in [0.15, 0.2) is 0 Å². The van der Waals surface area contributed by atoms with Crippen molar-refractivity contribution in [2.45, 2.75) is 6.92 Å². The predicted octanol–water partition coefficient (Wildman–Crippen LogP) is 3.84. The minimum atomic E-state index is 0.339. The SMILES string of the molecule is Cc1cc(Cl)ccc1Oc1ncc(I)cn1. The Kier molecular flexibility index (Phi) is 3.60. The Hall–Kier alpha value is -0.880. The first kappa shape index (κ1) is 11.6. The van der Waals surface area contributed by atoms with Crippen LogP contribution in [0.4, 0.5) is 0 Å². The van der Waals surface area contributed by atoms with Crippen LogP contribution in [-0.4, -0.2) is 9.97 Å². The number of benzene rings is 1. The maximum absolute atomic E-state index is 5.85. The van der Waals surface area contributed by atoms with E-state index in [1.165, 1.54) is 0 Å². The van der Waals surface area contributed by atoms with Crippen LogP contribution >= 0.6 is 34.2 Å². The van der Waals surface area contributed by atoms with Crippen LogP contribution in [0.1, 0.15) is 5.56 Å². The zero-order valence-corrected chi connectivity index (χ0v) is 11.4. The molecule has 0 aliphatic rings. The summed E-state index contributed by atoms with van der Waals surface area (Å²) >= 11 is 7.99. The van der Waals surface area contributed by atoms with Gasteiger partial charge in [-0.05, 0) is 53.3 Å². The first-order chi connectivity index (χ1) is 7.65. The Labute approximate surface area is 112 Å². The molecule has 16 heavy (non-hydrogen) atoms. The molecule has 0 atom stereocenters. The van der Waals surface area contributed by atoms with Gasteiger partial charge in [-0.2, -0.15) is 0 Å². The molecule has 3 nitrogen and oxygen atoms in total. The maximum Gasteiger partial charge on any atom is 0.321 e. The Balaban J connectivity index is 2.23. The smallest absolute Gasteiger partial charge is 0.321 e. The van der Waals surface area contributed by atoms with Crippen molar-refractivity contribution in [3.63, 3.8) is 0 Å². The van der Waals surface area contributed by atoms with Crippen LogP contribution in [0, 0.1) is 10.5 Å². The van der Waals surface area contributed by atoms with E-state index in [0.29, 0.717) is 16.8 Å². The van der Waals surface area contributed by atoms with Gasteiger partial charge < -0.3 is 4.74 Å². The van der Waals surface area contributed by atoms with Crippen molar-refractivity contribution >= 4 is 34.2 Å². The van der Waals surface area contributed by atoms with E-state index in [0.717, 1.165) is 9.13 Å². The summed E-state index contributed by atoms with van der Waals surface area (Å²) in [6.07, 6.45) is 3.41. The van der Waals surface area contributed by atoms with E-state index in [-0.39, 0.29) is 0 Å². The first-order valence-electron chi connectivity index (χ1n) is 4.57. The van der Waals surface area contributed by atoms with Crippen LogP contribution in [0.3, 0.4) is 0 Å². The fourth-order valence-corrected chi connectivity index (χ4v) is 1.68. The van der Waals surface area contributed by atoms with E-state index in [1.807, 2.05) is 13.0 Å². The van der Waals surface area contributed by atoms with Gasteiger partial charge in [-0.25, -0.2) is 9.97 Å². The highest BCUT2D eigenvalue weighted by molar-refractivity contribution is 14.1. The lowest BCUT2D eigenvalue weighted by Gasteiger charge is -2.06. The molecular weight excluding hydrogens is 338 g/mol. The van der Waals surface area contributed by atoms with Gasteiger partial charge in [0.1, 0.15) is 5.75 Å². The largest absolute Gasteiger partial charge is 0.424 e. The van der Waals surface area contributed by atoms with E-state index < -0.39 is 0 Å². The Morgan fingerprint density at radius 1 is 1.25 bits per heavy atom. The molecule has 1 heterocycles. The van der Waals surface area contributed by atoms with Crippen molar-refractivity contribution in [1.82, 2.24) is 9.97 Å². The van der Waals surface area contributed by atoms with Gasteiger partial charge >= 0.3 is 6.01 Å². The maximum atomic E-state index is 5.85. The Morgan fingerprint density at radius 3 is 2.56 bits per heavy atom. The molecule has 5 heteroatoms. The fourth-order valence-electron chi connectivity index (χ4n) is 1.18. The van der Waals surface area contributed by atoms with E-state index in [2.05, 4.69) is 32.6 Å². The van der Waals surface area contributed by atoms with E-state index in [4.69, 9.17) is 16.3 Å². The number of hydrogen-bond acceptors (Lipinski definition) is 3. The van der Waals surface area contributed by atoms with Gasteiger partial charge in [-0.15, -0.1) is 0 Å². The topological polar surface area (TPSA) is 35.0 Å². The molecule has 0 aliphatic heterocycles. The van der Waals surface area contributed by atoms with Gasteiger partial charge in [0.05, 0.1) is 0 Å². The molecule has 0 spiro atoms. The zero-order valence-electron chi connectivity index (χ0n) is 8.45. The van der Waals surface area contributed by atoms with Crippen molar-refractivity contribution in [3.8, 4) is 11.8 Å². The summed E-state index contributed by atoms with van der Waals surface area (Å²) in [5, 5.41) is 0.688. The number of aromatic nitrogens is 2. The average Bonchev–Trinajstić information content (AvgIpc) is 2.25. The number of hydrogen-bond donors (Lipinski definition) is 0. The summed E-state index contributed by atoms with van der Waals surface area (Å²) in [6, 6.07) is 5.75. The van der Waals surface area contributed by atoms with E-state index >= 15 is 0 Å². The van der Waals surface area contributed by atoms with Crippen molar-refractivity contribution < 1.29 is 4.74 Å². The molecule has 0 fully saturated rings. The third-order valence-electron chi connectivity index (χ3n) is 1.93. The molecule has 1 aromatic heterocycles. The number of halogens is 2. The Bertz CT molecular complexity index is 502. The van der Waals surface area contributed by atoms with Gasteiger partial charge in [0.2, 0.25) is 0 Å². The van der Waals surface area contributed by atoms with Crippen LogP contribution in [0.15, 0.2) is 30.6 Å². The van der Waals surface area contributed by atoms with Crippen LogP contribution in [-0.2, 0) is 0 Å². The molecule has 0 saturated heterocycles. The van der Waals surface area contributed by atoms with Crippen LogP contribution in [0.25, 0.3) is 0 Å². The third kappa shape index (κ3) is 2.82. The van der Waals surface area contributed by atoms with E-state index in [1.54, 1.807) is 24.5 Å². The average molecular weight is 347 g/mol. The highest BCUT2D eigenvalue weighted by Gasteiger charge is 2.03. The van der Waals surface area contributed by atoms with Crippen molar-refractivity contribution in [3.05, 3.63) is 44.7 Å². The van der Waals surface area contributed by atoms with Gasteiger partial charge in [0.25, 0.3) is 0 Å². The Morgan fingerprint density at radius 2 is 1.94 bits per heavy atom. The van der Waals surface area contributed by atoms with Gasteiger partial charge in [0, 0.05) is 21.0 Å². The molecule has 1 aromatic carbocycles. The molecule has 0 aliphatic carbocycles. The van der Waals surface area contributed by atoms with Crippen molar-refractivity contribution in [2.24, 2.45) is 0 Å². The molecule has 0 radical (unpaired) electrons. The van der Waals surface area contributed by atoms with Crippen LogP contribution < -0.4 is 4.74 Å². The fraction of sp³-hybridized carbons (Fsp3) is 0.0909. The summed E-state index contributed by atoms with van der Waals surface area (Å²) in [5.41, 5.74) is 0.953. The number of nitrogens with zero attached hydrogens (tertiary/aromatic N) is 2. The summed E-state index contributed by atoms with van der Waals surface area (Å²) in [4.78, 5) is 8.13. The number of ether oxygens (including phenoxy) is 1. The summed E-state index contributed by atoms with van der Waals surface area (Å²) < 4.78 is 6.51. The molecular formula is C11H8ClIN2O. The standard InChI is InChI=1S/C11H8ClIN2O/c1-7-4-8(12)2-3-10(7)16-11-14-5-9(13)6-15-11/h2-6H,1H3. The molecule has 0 saturated carbocycles.